The number of imidazole rings is 1. The van der Waals surface area contributed by atoms with Gasteiger partial charge < -0.3 is 9.30 Å². The van der Waals surface area contributed by atoms with E-state index in [9.17, 15) is 8.42 Å². The van der Waals surface area contributed by atoms with E-state index in [1.54, 1.807) is 28.2 Å². The lowest BCUT2D eigenvalue weighted by molar-refractivity contribution is 0.0960. The number of benzene rings is 2. The van der Waals surface area contributed by atoms with E-state index in [0.29, 0.717) is 23.9 Å². The average Bonchev–Trinajstić information content (AvgIpc) is 3.51. The van der Waals surface area contributed by atoms with Crippen LogP contribution in [0, 0.1) is 5.92 Å². The van der Waals surface area contributed by atoms with Gasteiger partial charge in [-0.2, -0.15) is 4.31 Å². The second-order valence-electron chi connectivity index (χ2n) is 9.86. The van der Waals surface area contributed by atoms with E-state index in [2.05, 4.69) is 42.7 Å². The molecular formula is C27H35N3O3S2. The first-order valence-corrected chi connectivity index (χ1v) is 15.2. The van der Waals surface area contributed by atoms with Gasteiger partial charge in [0.15, 0.2) is 5.16 Å². The standard InChI is InChI=1S/C27H35N3O3S2/c1-3-21-8-10-22(11-9-21)19-34-27-28-25-16-24(35(31,32)29-14-4-6-20(2)17-29)12-13-26(25)30(27)18-23-7-5-15-33-23/h8-13,16,20,23H,3-7,14-15,17-19H2,1-2H3/t20-,23-/m0/s1. The van der Waals surface area contributed by atoms with Crippen LogP contribution in [-0.4, -0.2) is 48.1 Å². The predicted molar refractivity (Wildman–Crippen MR) is 141 cm³/mol. The molecule has 3 aromatic rings. The predicted octanol–water partition coefficient (Wildman–Crippen LogP) is 5.49. The molecule has 0 N–H and O–H groups in total. The Balaban J connectivity index is 1.45. The van der Waals surface area contributed by atoms with Crippen LogP contribution >= 0.6 is 11.8 Å². The molecule has 8 heteroatoms. The molecule has 0 aliphatic carbocycles. The molecule has 0 amide bonds. The molecule has 3 heterocycles. The summed E-state index contributed by atoms with van der Waals surface area (Å²) in [5.41, 5.74) is 4.29. The summed E-state index contributed by atoms with van der Waals surface area (Å²) >= 11 is 1.70. The van der Waals surface area contributed by atoms with Gasteiger partial charge in [-0.25, -0.2) is 13.4 Å². The fourth-order valence-electron chi connectivity index (χ4n) is 5.06. The van der Waals surface area contributed by atoms with Crippen molar-refractivity contribution in [3.05, 3.63) is 53.6 Å². The number of aryl methyl sites for hydroxylation is 1. The van der Waals surface area contributed by atoms with Crippen molar-refractivity contribution in [1.82, 2.24) is 13.9 Å². The topological polar surface area (TPSA) is 64.4 Å². The van der Waals surface area contributed by atoms with E-state index in [1.165, 1.54) is 11.1 Å². The third-order valence-corrected chi connectivity index (χ3v) is 10.1. The molecule has 2 saturated heterocycles. The summed E-state index contributed by atoms with van der Waals surface area (Å²) in [4.78, 5) is 5.27. The first kappa shape index (κ1) is 24.8. The van der Waals surface area contributed by atoms with Crippen molar-refractivity contribution in [2.75, 3.05) is 19.7 Å². The van der Waals surface area contributed by atoms with Crippen LogP contribution in [-0.2, 0) is 33.5 Å². The molecule has 5 rings (SSSR count). The third-order valence-electron chi connectivity index (χ3n) is 7.15. The molecule has 2 aliphatic heterocycles. The molecule has 2 atom stereocenters. The van der Waals surface area contributed by atoms with Crippen molar-refractivity contribution in [2.45, 2.75) is 74.4 Å². The Hall–Kier alpha value is -1.87. The molecule has 0 spiro atoms. The van der Waals surface area contributed by atoms with Gasteiger partial charge >= 0.3 is 0 Å². The zero-order valence-electron chi connectivity index (χ0n) is 20.7. The molecular weight excluding hydrogens is 478 g/mol. The number of hydrogen-bond donors (Lipinski definition) is 0. The number of fused-ring (bicyclic) bond motifs is 1. The summed E-state index contributed by atoms with van der Waals surface area (Å²) in [5.74, 6) is 1.21. The Bertz CT molecular complexity index is 1260. The van der Waals surface area contributed by atoms with Gasteiger partial charge in [-0.05, 0) is 67.3 Å². The number of rotatable bonds is 8. The number of hydrogen-bond acceptors (Lipinski definition) is 5. The maximum Gasteiger partial charge on any atom is 0.243 e. The highest BCUT2D eigenvalue weighted by atomic mass is 32.2. The smallest absolute Gasteiger partial charge is 0.243 e. The molecule has 35 heavy (non-hydrogen) atoms. The lowest BCUT2D eigenvalue weighted by Crippen LogP contribution is -2.39. The van der Waals surface area contributed by atoms with Crippen LogP contribution < -0.4 is 0 Å². The van der Waals surface area contributed by atoms with Crippen molar-refractivity contribution < 1.29 is 13.2 Å². The number of aromatic nitrogens is 2. The molecule has 0 unspecified atom stereocenters. The highest BCUT2D eigenvalue weighted by Gasteiger charge is 2.29. The van der Waals surface area contributed by atoms with Gasteiger partial charge in [-0.15, -0.1) is 0 Å². The maximum absolute atomic E-state index is 13.4. The second kappa shape index (κ2) is 10.6. The van der Waals surface area contributed by atoms with Gasteiger partial charge in [0.1, 0.15) is 0 Å². The number of ether oxygens (including phenoxy) is 1. The Labute approximate surface area is 213 Å². The Morgan fingerprint density at radius 3 is 2.60 bits per heavy atom. The van der Waals surface area contributed by atoms with E-state index in [0.717, 1.165) is 67.2 Å². The van der Waals surface area contributed by atoms with E-state index in [1.807, 2.05) is 6.07 Å². The summed E-state index contributed by atoms with van der Waals surface area (Å²) < 4.78 is 36.5. The second-order valence-corrected chi connectivity index (χ2v) is 12.7. The Morgan fingerprint density at radius 1 is 1.09 bits per heavy atom. The molecule has 2 fully saturated rings. The fourth-order valence-corrected chi connectivity index (χ4v) is 7.66. The molecule has 0 bridgehead atoms. The first-order valence-electron chi connectivity index (χ1n) is 12.8. The zero-order valence-corrected chi connectivity index (χ0v) is 22.3. The maximum atomic E-state index is 13.4. The van der Waals surface area contributed by atoms with Crippen LogP contribution in [0.3, 0.4) is 0 Å². The van der Waals surface area contributed by atoms with Crippen molar-refractivity contribution in [2.24, 2.45) is 5.92 Å². The largest absolute Gasteiger partial charge is 0.376 e. The minimum absolute atomic E-state index is 0.175. The van der Waals surface area contributed by atoms with Crippen LogP contribution in [0.4, 0.5) is 0 Å². The van der Waals surface area contributed by atoms with Gasteiger partial charge in [0, 0.05) is 25.4 Å². The van der Waals surface area contributed by atoms with Gasteiger partial charge in [0.25, 0.3) is 0 Å². The fraction of sp³-hybridized carbons (Fsp3) is 0.519. The van der Waals surface area contributed by atoms with Crippen molar-refractivity contribution in [3.8, 4) is 0 Å². The lowest BCUT2D eigenvalue weighted by Gasteiger charge is -2.30. The number of piperidine rings is 1. The van der Waals surface area contributed by atoms with Crippen LogP contribution in [0.25, 0.3) is 11.0 Å². The molecule has 2 aliphatic rings. The molecule has 2 aromatic carbocycles. The first-order chi connectivity index (χ1) is 16.9. The average molecular weight is 514 g/mol. The van der Waals surface area contributed by atoms with Crippen molar-refractivity contribution >= 4 is 32.8 Å². The SMILES string of the molecule is CCc1ccc(CSc2nc3cc(S(=O)(=O)N4CCC[C@H](C)C4)ccc3n2C[C@@H]2CCCO2)cc1. The van der Waals surface area contributed by atoms with E-state index in [4.69, 9.17) is 9.72 Å². The van der Waals surface area contributed by atoms with E-state index >= 15 is 0 Å². The van der Waals surface area contributed by atoms with E-state index < -0.39 is 10.0 Å². The minimum atomic E-state index is -3.52. The zero-order chi connectivity index (χ0) is 24.4. The van der Waals surface area contributed by atoms with Gasteiger partial charge in [-0.1, -0.05) is 49.9 Å². The normalized spacial score (nSPS) is 21.7. The highest BCUT2D eigenvalue weighted by Crippen LogP contribution is 2.31. The van der Waals surface area contributed by atoms with Crippen LogP contribution in [0.1, 0.15) is 50.7 Å². The molecule has 188 valence electrons. The molecule has 1 aromatic heterocycles. The highest BCUT2D eigenvalue weighted by molar-refractivity contribution is 7.98. The van der Waals surface area contributed by atoms with Crippen molar-refractivity contribution in [3.63, 3.8) is 0 Å². The Morgan fingerprint density at radius 2 is 1.89 bits per heavy atom. The third kappa shape index (κ3) is 5.45. The van der Waals surface area contributed by atoms with Gasteiger partial charge in [0.05, 0.1) is 28.6 Å². The molecule has 6 nitrogen and oxygen atoms in total. The quantitative estimate of drug-likeness (QED) is 0.373. The summed E-state index contributed by atoms with van der Waals surface area (Å²) in [7, 11) is -3.52. The number of nitrogens with zero attached hydrogens (tertiary/aromatic N) is 3. The summed E-state index contributed by atoms with van der Waals surface area (Å²) in [6, 6.07) is 14.2. The van der Waals surface area contributed by atoms with E-state index in [-0.39, 0.29) is 6.10 Å². The molecule has 0 radical (unpaired) electrons. The summed E-state index contributed by atoms with van der Waals surface area (Å²) in [6.45, 7) is 7.01. The molecule has 0 saturated carbocycles. The summed E-state index contributed by atoms with van der Waals surface area (Å²) in [5, 5.41) is 0.913. The minimum Gasteiger partial charge on any atom is -0.376 e. The van der Waals surface area contributed by atoms with Crippen LogP contribution in [0.2, 0.25) is 0 Å². The van der Waals surface area contributed by atoms with Gasteiger partial charge in [0.2, 0.25) is 10.0 Å². The monoisotopic (exact) mass is 513 g/mol. The Kier molecular flexibility index (Phi) is 7.53. The van der Waals surface area contributed by atoms with Crippen LogP contribution in [0.5, 0.6) is 0 Å². The van der Waals surface area contributed by atoms with Crippen molar-refractivity contribution in [1.29, 1.82) is 0 Å². The number of sulfonamides is 1. The van der Waals surface area contributed by atoms with Crippen LogP contribution in [0.15, 0.2) is 52.5 Å². The summed E-state index contributed by atoms with van der Waals surface area (Å²) in [6.07, 6.45) is 5.33. The van der Waals surface area contributed by atoms with Gasteiger partial charge in [-0.3, -0.25) is 0 Å². The number of thioether (sulfide) groups is 1. The lowest BCUT2D eigenvalue weighted by atomic mass is 10.0.